The molecule has 0 amide bonds. The molecule has 1 unspecified atom stereocenters. The maximum atomic E-state index is 11.3. The van der Waals surface area contributed by atoms with Gasteiger partial charge in [0, 0.05) is 17.6 Å². The Morgan fingerprint density at radius 1 is 1.10 bits per heavy atom. The smallest absolute Gasteiger partial charge is 0.330 e. The number of esters is 2. The average Bonchev–Trinajstić information content (AvgIpc) is 2.50. The number of rotatable bonds is 11. The van der Waals surface area contributed by atoms with E-state index in [1.54, 1.807) is 0 Å². The van der Waals surface area contributed by atoms with Gasteiger partial charge in [0.1, 0.15) is 13.2 Å². The Kier molecular flexibility index (Phi) is 9.42. The van der Waals surface area contributed by atoms with E-state index in [1.165, 1.54) is 0 Å². The van der Waals surface area contributed by atoms with Gasteiger partial charge in [0.05, 0.1) is 0 Å². The monoisotopic (exact) mass is 296 g/mol. The molecule has 0 bridgehead atoms. The largest absolute Gasteiger partial charge is 0.462 e. The van der Waals surface area contributed by atoms with Gasteiger partial charge in [0.15, 0.2) is 0 Å². The SMILES string of the molecule is C=CC(=O)OCC(CCC)(COC(=O)C=C)CC(C)CC. The van der Waals surface area contributed by atoms with Crippen LogP contribution in [0.3, 0.4) is 0 Å². The van der Waals surface area contributed by atoms with Gasteiger partial charge in [-0.15, -0.1) is 0 Å². The number of carbonyl (C=O) groups excluding carboxylic acids is 2. The molecule has 0 spiro atoms. The molecule has 0 rings (SSSR count). The van der Waals surface area contributed by atoms with Crippen LogP contribution >= 0.6 is 0 Å². The van der Waals surface area contributed by atoms with Crippen molar-refractivity contribution in [3.8, 4) is 0 Å². The summed E-state index contributed by atoms with van der Waals surface area (Å²) in [6.45, 7) is 13.6. The van der Waals surface area contributed by atoms with E-state index in [2.05, 4.69) is 33.9 Å². The molecule has 0 heterocycles. The van der Waals surface area contributed by atoms with Gasteiger partial charge in [-0.2, -0.15) is 0 Å². The van der Waals surface area contributed by atoms with Gasteiger partial charge in [-0.1, -0.05) is 46.8 Å². The van der Waals surface area contributed by atoms with Crippen LogP contribution in [0, 0.1) is 11.3 Å². The molecule has 120 valence electrons. The quantitative estimate of drug-likeness (QED) is 0.431. The third kappa shape index (κ3) is 7.69. The molecular formula is C17H28O4. The number of carbonyl (C=O) groups is 2. The van der Waals surface area contributed by atoms with Crippen LogP contribution in [0.4, 0.5) is 0 Å². The Morgan fingerprint density at radius 2 is 1.57 bits per heavy atom. The molecule has 0 aliphatic rings. The van der Waals surface area contributed by atoms with Crippen LogP contribution in [0.25, 0.3) is 0 Å². The summed E-state index contributed by atoms with van der Waals surface area (Å²) in [5, 5.41) is 0. The Hall–Kier alpha value is -1.58. The van der Waals surface area contributed by atoms with E-state index in [-0.39, 0.29) is 18.6 Å². The van der Waals surface area contributed by atoms with Crippen LogP contribution in [0.5, 0.6) is 0 Å². The van der Waals surface area contributed by atoms with Gasteiger partial charge >= 0.3 is 11.9 Å². The molecule has 4 nitrogen and oxygen atoms in total. The van der Waals surface area contributed by atoms with Crippen molar-refractivity contribution < 1.29 is 19.1 Å². The number of hydrogen-bond acceptors (Lipinski definition) is 4. The molecule has 0 aliphatic heterocycles. The van der Waals surface area contributed by atoms with E-state index in [9.17, 15) is 9.59 Å². The van der Waals surface area contributed by atoms with Crippen molar-refractivity contribution in [2.45, 2.75) is 46.5 Å². The highest BCUT2D eigenvalue weighted by atomic mass is 16.5. The number of ether oxygens (including phenoxy) is 2. The highest BCUT2D eigenvalue weighted by Crippen LogP contribution is 2.34. The Balaban J connectivity index is 5.00. The average molecular weight is 296 g/mol. The zero-order chi connectivity index (χ0) is 16.3. The summed E-state index contributed by atoms with van der Waals surface area (Å²) in [6, 6.07) is 0. The molecular weight excluding hydrogens is 268 g/mol. The van der Waals surface area contributed by atoms with Crippen LogP contribution in [-0.2, 0) is 19.1 Å². The van der Waals surface area contributed by atoms with Crippen molar-refractivity contribution in [3.63, 3.8) is 0 Å². The molecule has 0 saturated carbocycles. The third-order valence-corrected chi connectivity index (χ3v) is 3.63. The van der Waals surface area contributed by atoms with Gasteiger partial charge in [0.2, 0.25) is 0 Å². The third-order valence-electron chi connectivity index (χ3n) is 3.63. The lowest BCUT2D eigenvalue weighted by atomic mass is 9.76. The predicted molar refractivity (Wildman–Crippen MR) is 83.7 cm³/mol. The molecule has 0 aromatic heterocycles. The van der Waals surface area contributed by atoms with Crippen molar-refractivity contribution >= 4 is 11.9 Å². The summed E-state index contributed by atoms with van der Waals surface area (Å²) in [7, 11) is 0. The minimum absolute atomic E-state index is 0.237. The Morgan fingerprint density at radius 3 is 1.90 bits per heavy atom. The van der Waals surface area contributed by atoms with Crippen molar-refractivity contribution in [1.29, 1.82) is 0 Å². The van der Waals surface area contributed by atoms with Gasteiger partial charge in [-0.05, 0) is 18.8 Å². The molecule has 0 radical (unpaired) electrons. The van der Waals surface area contributed by atoms with Gasteiger partial charge < -0.3 is 9.47 Å². The topological polar surface area (TPSA) is 52.6 Å². The molecule has 4 heteroatoms. The molecule has 21 heavy (non-hydrogen) atoms. The summed E-state index contributed by atoms with van der Waals surface area (Å²) in [5.74, 6) is -0.439. The fourth-order valence-corrected chi connectivity index (χ4v) is 2.39. The lowest BCUT2D eigenvalue weighted by Gasteiger charge is -2.34. The van der Waals surface area contributed by atoms with Crippen LogP contribution < -0.4 is 0 Å². The van der Waals surface area contributed by atoms with Crippen molar-refractivity contribution in [2.75, 3.05) is 13.2 Å². The summed E-state index contributed by atoms with van der Waals surface area (Å²) in [6.07, 6.45) is 5.91. The molecule has 1 atom stereocenters. The fourth-order valence-electron chi connectivity index (χ4n) is 2.39. The van der Waals surface area contributed by atoms with Crippen molar-refractivity contribution in [3.05, 3.63) is 25.3 Å². The summed E-state index contributed by atoms with van der Waals surface area (Å²) < 4.78 is 10.5. The molecule has 0 N–H and O–H groups in total. The van der Waals surface area contributed by atoms with E-state index in [0.29, 0.717) is 5.92 Å². The van der Waals surface area contributed by atoms with Crippen LogP contribution in [-0.4, -0.2) is 25.2 Å². The summed E-state index contributed by atoms with van der Waals surface area (Å²) >= 11 is 0. The normalized spacial score (nSPS) is 12.3. The highest BCUT2D eigenvalue weighted by Gasteiger charge is 2.34. The minimum Gasteiger partial charge on any atom is -0.462 e. The van der Waals surface area contributed by atoms with Gasteiger partial charge in [-0.25, -0.2) is 9.59 Å². The zero-order valence-corrected chi connectivity index (χ0v) is 13.5. The van der Waals surface area contributed by atoms with E-state index in [1.807, 2.05) is 0 Å². The molecule has 0 aliphatic carbocycles. The zero-order valence-electron chi connectivity index (χ0n) is 13.5. The second-order valence-corrected chi connectivity index (χ2v) is 5.59. The van der Waals surface area contributed by atoms with E-state index < -0.39 is 11.9 Å². The first-order chi connectivity index (χ1) is 9.92. The molecule has 0 saturated heterocycles. The standard InChI is InChI=1S/C17H28O4/c1-6-10-17(11-14(5)7-2,12-20-15(18)8-3)13-21-16(19)9-4/h8-9,14H,3-4,6-7,10-13H2,1-2,5H3. The lowest BCUT2D eigenvalue weighted by molar-refractivity contribution is -0.149. The van der Waals surface area contributed by atoms with Crippen LogP contribution in [0.1, 0.15) is 46.5 Å². The van der Waals surface area contributed by atoms with Crippen molar-refractivity contribution in [2.24, 2.45) is 11.3 Å². The first-order valence-corrected chi connectivity index (χ1v) is 7.51. The van der Waals surface area contributed by atoms with E-state index >= 15 is 0 Å². The van der Waals surface area contributed by atoms with Crippen LogP contribution in [0.2, 0.25) is 0 Å². The first kappa shape index (κ1) is 19.4. The number of hydrogen-bond donors (Lipinski definition) is 0. The minimum atomic E-state index is -0.449. The molecule has 0 fully saturated rings. The fraction of sp³-hybridized carbons (Fsp3) is 0.647. The maximum Gasteiger partial charge on any atom is 0.330 e. The summed E-state index contributed by atoms with van der Waals surface area (Å²) in [5.41, 5.74) is -0.346. The Labute approximate surface area is 128 Å². The van der Waals surface area contributed by atoms with Gasteiger partial charge in [-0.3, -0.25) is 0 Å². The second-order valence-electron chi connectivity index (χ2n) is 5.59. The first-order valence-electron chi connectivity index (χ1n) is 7.51. The molecule has 0 aromatic rings. The maximum absolute atomic E-state index is 11.3. The lowest BCUT2D eigenvalue weighted by Crippen LogP contribution is -2.36. The summed E-state index contributed by atoms with van der Waals surface area (Å²) in [4.78, 5) is 22.7. The predicted octanol–water partition coefficient (Wildman–Crippen LogP) is 3.67. The van der Waals surface area contributed by atoms with Crippen LogP contribution in [0.15, 0.2) is 25.3 Å². The highest BCUT2D eigenvalue weighted by molar-refractivity contribution is 5.81. The van der Waals surface area contributed by atoms with Gasteiger partial charge in [0.25, 0.3) is 0 Å². The molecule has 0 aromatic carbocycles. The Bertz CT molecular complexity index is 336. The van der Waals surface area contributed by atoms with Crippen molar-refractivity contribution in [1.82, 2.24) is 0 Å². The van der Waals surface area contributed by atoms with E-state index in [4.69, 9.17) is 9.47 Å². The second kappa shape index (κ2) is 10.2. The van der Waals surface area contributed by atoms with E-state index in [0.717, 1.165) is 37.8 Å².